The molecule has 126 valence electrons. The predicted molar refractivity (Wildman–Crippen MR) is 86.8 cm³/mol. The first-order valence-corrected chi connectivity index (χ1v) is 7.79. The van der Waals surface area contributed by atoms with Crippen LogP contribution < -0.4 is 16.0 Å². The number of hydrogen-bond acceptors (Lipinski definition) is 7. The Morgan fingerprint density at radius 2 is 2.08 bits per heavy atom. The van der Waals surface area contributed by atoms with Crippen molar-refractivity contribution >= 4 is 35.3 Å². The molecule has 0 fully saturated rings. The number of amides is 4. The van der Waals surface area contributed by atoms with Crippen LogP contribution in [0.3, 0.4) is 0 Å². The van der Waals surface area contributed by atoms with Gasteiger partial charge < -0.3 is 10.6 Å². The summed E-state index contributed by atoms with van der Waals surface area (Å²) in [6.45, 7) is 1.41. The highest BCUT2D eigenvalue weighted by Gasteiger charge is 2.13. The van der Waals surface area contributed by atoms with Gasteiger partial charge in [-0.1, -0.05) is 17.8 Å². The Labute approximate surface area is 141 Å². The van der Waals surface area contributed by atoms with Crippen LogP contribution in [0.25, 0.3) is 5.69 Å². The van der Waals surface area contributed by atoms with Crippen LogP contribution in [0.2, 0.25) is 0 Å². The molecule has 0 radical (unpaired) electrons. The second-order valence-electron chi connectivity index (χ2n) is 4.52. The maximum atomic E-state index is 11.6. The van der Waals surface area contributed by atoms with Gasteiger partial charge in [0.25, 0.3) is 0 Å². The van der Waals surface area contributed by atoms with Gasteiger partial charge in [0.2, 0.25) is 17.0 Å². The van der Waals surface area contributed by atoms with E-state index in [1.165, 1.54) is 18.7 Å². The molecule has 4 amide bonds. The average molecular weight is 349 g/mol. The van der Waals surface area contributed by atoms with E-state index < -0.39 is 11.9 Å². The standard InChI is InChI=1S/C13H15N7O3S/c1-8(21)15-9-4-3-5-10(6-9)20-13(17-18-19-20)24-7-11(22)16-12(23)14-2/h3-6H,7H2,1-2H3,(H,15,21)(H2,14,16,22,23). The number of thioether (sulfide) groups is 1. The fourth-order valence-corrected chi connectivity index (χ4v) is 2.40. The molecular weight excluding hydrogens is 334 g/mol. The van der Waals surface area contributed by atoms with Gasteiger partial charge in [0.1, 0.15) is 0 Å². The number of rotatable bonds is 5. The monoisotopic (exact) mass is 349 g/mol. The van der Waals surface area contributed by atoms with Crippen LogP contribution >= 0.6 is 11.8 Å². The van der Waals surface area contributed by atoms with Gasteiger partial charge in [-0.25, -0.2) is 4.79 Å². The van der Waals surface area contributed by atoms with E-state index in [0.717, 1.165) is 11.8 Å². The van der Waals surface area contributed by atoms with Gasteiger partial charge in [-0.15, -0.1) is 5.10 Å². The quantitative estimate of drug-likeness (QED) is 0.656. The molecule has 0 bridgehead atoms. The second-order valence-corrected chi connectivity index (χ2v) is 5.46. The lowest BCUT2D eigenvalue weighted by Crippen LogP contribution is -2.38. The summed E-state index contributed by atoms with van der Waals surface area (Å²) < 4.78 is 1.43. The van der Waals surface area contributed by atoms with Crippen LogP contribution in [0.4, 0.5) is 10.5 Å². The molecule has 11 heteroatoms. The molecule has 1 heterocycles. The molecule has 2 aromatic rings. The topological polar surface area (TPSA) is 131 Å². The smallest absolute Gasteiger partial charge is 0.321 e. The molecule has 1 aromatic carbocycles. The van der Waals surface area contributed by atoms with Crippen molar-refractivity contribution in [1.29, 1.82) is 0 Å². The van der Waals surface area contributed by atoms with E-state index in [1.54, 1.807) is 24.3 Å². The normalized spacial score (nSPS) is 10.1. The lowest BCUT2D eigenvalue weighted by Gasteiger charge is -2.07. The molecule has 0 saturated heterocycles. The van der Waals surface area contributed by atoms with Crippen LogP contribution in [-0.2, 0) is 9.59 Å². The largest absolute Gasteiger partial charge is 0.341 e. The molecule has 0 unspecified atom stereocenters. The lowest BCUT2D eigenvalue weighted by atomic mass is 10.3. The number of urea groups is 1. The number of nitrogens with zero attached hydrogens (tertiary/aromatic N) is 4. The summed E-state index contributed by atoms with van der Waals surface area (Å²) >= 11 is 1.08. The van der Waals surface area contributed by atoms with Crippen molar-refractivity contribution in [2.45, 2.75) is 12.1 Å². The van der Waals surface area contributed by atoms with E-state index in [9.17, 15) is 14.4 Å². The van der Waals surface area contributed by atoms with Gasteiger partial charge in [0.05, 0.1) is 11.4 Å². The van der Waals surface area contributed by atoms with E-state index >= 15 is 0 Å². The van der Waals surface area contributed by atoms with Gasteiger partial charge in [0.15, 0.2) is 0 Å². The minimum atomic E-state index is -0.580. The highest BCUT2D eigenvalue weighted by atomic mass is 32.2. The summed E-state index contributed by atoms with van der Waals surface area (Å²) in [4.78, 5) is 33.8. The predicted octanol–water partition coefficient (Wildman–Crippen LogP) is 0.168. The van der Waals surface area contributed by atoms with Crippen LogP contribution in [0.15, 0.2) is 29.4 Å². The third-order valence-electron chi connectivity index (χ3n) is 2.66. The average Bonchev–Trinajstić information content (AvgIpc) is 3.01. The van der Waals surface area contributed by atoms with Crippen molar-refractivity contribution in [3.63, 3.8) is 0 Å². The highest BCUT2D eigenvalue weighted by Crippen LogP contribution is 2.20. The Morgan fingerprint density at radius 3 is 2.79 bits per heavy atom. The SMILES string of the molecule is CNC(=O)NC(=O)CSc1nnnn1-c1cccc(NC(C)=O)c1. The molecule has 0 spiro atoms. The number of hydrogen-bond donors (Lipinski definition) is 3. The molecule has 1 aromatic heterocycles. The van der Waals surface area contributed by atoms with Crippen molar-refractivity contribution in [1.82, 2.24) is 30.8 Å². The molecule has 24 heavy (non-hydrogen) atoms. The zero-order chi connectivity index (χ0) is 17.5. The van der Waals surface area contributed by atoms with Gasteiger partial charge in [-0.3, -0.25) is 14.9 Å². The Balaban J connectivity index is 2.09. The van der Waals surface area contributed by atoms with E-state index in [0.29, 0.717) is 16.5 Å². The number of carbonyl (C=O) groups is 3. The summed E-state index contributed by atoms with van der Waals surface area (Å²) in [5, 5.41) is 18.8. The van der Waals surface area contributed by atoms with Gasteiger partial charge in [-0.05, 0) is 28.6 Å². The maximum absolute atomic E-state index is 11.6. The number of imide groups is 1. The molecule has 0 aliphatic carbocycles. The van der Waals surface area contributed by atoms with Gasteiger partial charge in [0, 0.05) is 19.7 Å². The van der Waals surface area contributed by atoms with Crippen LogP contribution in [-0.4, -0.2) is 50.9 Å². The van der Waals surface area contributed by atoms with Crippen molar-refractivity contribution < 1.29 is 14.4 Å². The zero-order valence-corrected chi connectivity index (χ0v) is 13.8. The first-order valence-electron chi connectivity index (χ1n) is 6.80. The number of nitrogens with one attached hydrogen (secondary N) is 3. The molecular formula is C13H15N7O3S. The van der Waals surface area contributed by atoms with Crippen molar-refractivity contribution in [3.8, 4) is 5.69 Å². The fourth-order valence-electron chi connectivity index (χ4n) is 1.70. The van der Waals surface area contributed by atoms with E-state index in [4.69, 9.17) is 0 Å². The number of aromatic nitrogens is 4. The second kappa shape index (κ2) is 8.06. The lowest BCUT2D eigenvalue weighted by molar-refractivity contribution is -0.117. The molecule has 0 atom stereocenters. The first kappa shape index (κ1) is 17.4. The van der Waals surface area contributed by atoms with Crippen molar-refractivity contribution in [2.75, 3.05) is 18.1 Å². The van der Waals surface area contributed by atoms with Crippen molar-refractivity contribution in [2.24, 2.45) is 0 Å². The Morgan fingerprint density at radius 1 is 1.29 bits per heavy atom. The summed E-state index contributed by atoms with van der Waals surface area (Å²) in [5.74, 6) is -0.690. The van der Waals surface area contributed by atoms with Crippen molar-refractivity contribution in [3.05, 3.63) is 24.3 Å². The zero-order valence-electron chi connectivity index (χ0n) is 12.9. The van der Waals surface area contributed by atoms with Crippen LogP contribution in [0.5, 0.6) is 0 Å². The van der Waals surface area contributed by atoms with Crippen LogP contribution in [0.1, 0.15) is 6.92 Å². The molecule has 3 N–H and O–H groups in total. The molecule has 10 nitrogen and oxygen atoms in total. The molecule has 0 aliphatic rings. The summed E-state index contributed by atoms with van der Waals surface area (Å²) in [6, 6.07) is 6.36. The molecule has 0 saturated carbocycles. The Kier molecular flexibility index (Phi) is 5.84. The minimum Gasteiger partial charge on any atom is -0.341 e. The summed E-state index contributed by atoms with van der Waals surface area (Å²) in [7, 11) is 1.42. The maximum Gasteiger partial charge on any atom is 0.321 e. The third-order valence-corrected chi connectivity index (χ3v) is 3.58. The van der Waals surface area contributed by atoms with E-state index in [-0.39, 0.29) is 11.7 Å². The van der Waals surface area contributed by atoms with E-state index in [2.05, 4.69) is 31.5 Å². The highest BCUT2D eigenvalue weighted by molar-refractivity contribution is 7.99. The summed E-state index contributed by atoms with van der Waals surface area (Å²) in [6.07, 6.45) is 0. The Hall–Kier alpha value is -2.95. The number of carbonyl (C=O) groups excluding carboxylic acids is 3. The summed E-state index contributed by atoms with van der Waals surface area (Å²) in [5.41, 5.74) is 1.23. The third kappa shape index (κ3) is 4.78. The van der Waals surface area contributed by atoms with Gasteiger partial charge >= 0.3 is 6.03 Å². The first-order chi connectivity index (χ1) is 11.5. The number of tetrazole rings is 1. The molecule has 0 aliphatic heterocycles. The number of anilines is 1. The minimum absolute atomic E-state index is 0.0286. The Bertz CT molecular complexity index is 762. The van der Waals surface area contributed by atoms with Gasteiger partial charge in [-0.2, -0.15) is 4.68 Å². The fraction of sp³-hybridized carbons (Fsp3) is 0.231. The van der Waals surface area contributed by atoms with E-state index in [1.807, 2.05) is 0 Å². The number of benzene rings is 1. The van der Waals surface area contributed by atoms with Crippen LogP contribution in [0, 0.1) is 0 Å². The molecule has 2 rings (SSSR count).